The van der Waals surface area contributed by atoms with Crippen LogP contribution in [-0.4, -0.2) is 37.0 Å². The number of carbonyl (C=O) groups excluding carboxylic acids is 2. The van der Waals surface area contributed by atoms with Crippen molar-refractivity contribution in [2.24, 2.45) is 5.92 Å². The van der Waals surface area contributed by atoms with Crippen LogP contribution in [0.5, 0.6) is 0 Å². The van der Waals surface area contributed by atoms with Crippen molar-refractivity contribution in [2.75, 3.05) is 14.2 Å². The molecular weight excluding hydrogens is 290 g/mol. The zero-order valence-electron chi connectivity index (χ0n) is 14.1. The van der Waals surface area contributed by atoms with Crippen molar-refractivity contribution in [1.29, 1.82) is 0 Å². The summed E-state index contributed by atoms with van der Waals surface area (Å²) in [6.07, 6.45) is 7.95. The Balaban J connectivity index is 1.93. The first-order valence-corrected chi connectivity index (χ1v) is 8.14. The van der Waals surface area contributed by atoms with E-state index in [9.17, 15) is 9.59 Å². The molecule has 1 fully saturated rings. The summed E-state index contributed by atoms with van der Waals surface area (Å²) < 4.78 is 4.66. The molecule has 1 aliphatic carbocycles. The topological polar surface area (TPSA) is 46.6 Å². The van der Waals surface area contributed by atoms with Crippen LogP contribution in [0, 0.1) is 5.92 Å². The summed E-state index contributed by atoms with van der Waals surface area (Å²) in [6.45, 7) is 2.27. The fourth-order valence-electron chi connectivity index (χ4n) is 2.94. The quantitative estimate of drug-likeness (QED) is 0.631. The van der Waals surface area contributed by atoms with Crippen molar-refractivity contribution in [3.05, 3.63) is 41.5 Å². The van der Waals surface area contributed by atoms with E-state index >= 15 is 0 Å². The van der Waals surface area contributed by atoms with Crippen LogP contribution in [-0.2, 0) is 9.53 Å². The number of rotatable bonds is 4. The molecule has 0 aliphatic heterocycles. The molecule has 0 spiro atoms. The van der Waals surface area contributed by atoms with Crippen LogP contribution >= 0.6 is 0 Å². The molecule has 1 aliphatic rings. The number of ether oxygens (including phenoxy) is 1. The number of likely N-dealkylation sites (N-methyl/N-ethyl adjacent to an activating group) is 1. The number of nitrogens with zero attached hydrogens (tertiary/aromatic N) is 1. The second-order valence-corrected chi connectivity index (χ2v) is 6.31. The predicted molar refractivity (Wildman–Crippen MR) is 91.0 cm³/mol. The molecule has 2 rings (SSSR count). The standard InChI is InChI=1S/C19H25NO3/c1-14-4-11-17(12-5-14)20(2)18(21)13-8-15-6-9-16(10-7-15)19(22)23-3/h6-10,13-14,17H,4-5,11-12H2,1-3H3/b13-8+. The van der Waals surface area contributed by atoms with E-state index in [1.165, 1.54) is 20.0 Å². The molecule has 0 saturated heterocycles. The van der Waals surface area contributed by atoms with E-state index in [4.69, 9.17) is 0 Å². The molecule has 23 heavy (non-hydrogen) atoms. The Bertz CT molecular complexity index is 569. The van der Waals surface area contributed by atoms with Gasteiger partial charge in [0.05, 0.1) is 12.7 Å². The lowest BCUT2D eigenvalue weighted by Gasteiger charge is -2.33. The molecule has 1 aromatic carbocycles. The number of hydrogen-bond donors (Lipinski definition) is 0. The van der Waals surface area contributed by atoms with Crippen molar-refractivity contribution in [3.8, 4) is 0 Å². The van der Waals surface area contributed by atoms with Crippen molar-refractivity contribution in [2.45, 2.75) is 38.6 Å². The molecule has 4 heteroatoms. The number of esters is 1. The third-order valence-corrected chi connectivity index (χ3v) is 4.63. The van der Waals surface area contributed by atoms with Crippen molar-refractivity contribution >= 4 is 18.0 Å². The van der Waals surface area contributed by atoms with Crippen LogP contribution < -0.4 is 0 Å². The van der Waals surface area contributed by atoms with Gasteiger partial charge >= 0.3 is 5.97 Å². The molecule has 0 unspecified atom stereocenters. The van der Waals surface area contributed by atoms with Gasteiger partial charge in [0.25, 0.3) is 0 Å². The molecule has 0 heterocycles. The Labute approximate surface area is 138 Å². The largest absolute Gasteiger partial charge is 0.465 e. The van der Waals surface area contributed by atoms with Crippen LogP contribution in [0.3, 0.4) is 0 Å². The van der Waals surface area contributed by atoms with Gasteiger partial charge in [-0.15, -0.1) is 0 Å². The maximum atomic E-state index is 12.3. The minimum atomic E-state index is -0.358. The SMILES string of the molecule is COC(=O)c1ccc(/C=C/C(=O)N(C)C2CCC(C)CC2)cc1. The normalized spacial score (nSPS) is 21.2. The Morgan fingerprint density at radius 2 is 1.74 bits per heavy atom. The molecule has 1 amide bonds. The molecule has 0 bridgehead atoms. The van der Waals surface area contributed by atoms with E-state index in [0.29, 0.717) is 11.6 Å². The van der Waals surface area contributed by atoms with E-state index < -0.39 is 0 Å². The highest BCUT2D eigenvalue weighted by molar-refractivity contribution is 5.92. The van der Waals surface area contributed by atoms with Crippen LogP contribution in [0.25, 0.3) is 6.08 Å². The van der Waals surface area contributed by atoms with Crippen LogP contribution in [0.15, 0.2) is 30.3 Å². The van der Waals surface area contributed by atoms with Crippen molar-refractivity contribution < 1.29 is 14.3 Å². The van der Waals surface area contributed by atoms with Crippen molar-refractivity contribution in [1.82, 2.24) is 4.90 Å². The monoisotopic (exact) mass is 315 g/mol. The van der Waals surface area contributed by atoms with Crippen LogP contribution in [0.1, 0.15) is 48.5 Å². The number of methoxy groups -OCH3 is 1. The molecule has 1 aromatic rings. The summed E-state index contributed by atoms with van der Waals surface area (Å²) in [5, 5.41) is 0. The Hall–Kier alpha value is -2.10. The van der Waals surface area contributed by atoms with E-state index in [1.54, 1.807) is 36.4 Å². The molecule has 4 nitrogen and oxygen atoms in total. The van der Waals surface area contributed by atoms with Crippen molar-refractivity contribution in [3.63, 3.8) is 0 Å². The molecule has 124 valence electrons. The third kappa shape index (κ3) is 4.68. The van der Waals surface area contributed by atoms with Gasteiger partial charge in [-0.3, -0.25) is 4.79 Å². The smallest absolute Gasteiger partial charge is 0.337 e. The average molecular weight is 315 g/mol. The van der Waals surface area contributed by atoms with Gasteiger partial charge in [0.1, 0.15) is 0 Å². The zero-order valence-corrected chi connectivity index (χ0v) is 14.1. The summed E-state index contributed by atoms with van der Waals surface area (Å²) in [7, 11) is 3.24. The fourth-order valence-corrected chi connectivity index (χ4v) is 2.94. The highest BCUT2D eigenvalue weighted by Gasteiger charge is 2.23. The molecular formula is C19H25NO3. The summed E-state index contributed by atoms with van der Waals surface area (Å²) in [6, 6.07) is 7.35. The van der Waals surface area contributed by atoms with Gasteiger partial charge in [-0.2, -0.15) is 0 Å². The second-order valence-electron chi connectivity index (χ2n) is 6.31. The minimum absolute atomic E-state index is 0.0293. The van der Waals surface area contributed by atoms with Crippen LogP contribution in [0.2, 0.25) is 0 Å². The maximum Gasteiger partial charge on any atom is 0.337 e. The van der Waals surface area contributed by atoms with Gasteiger partial charge < -0.3 is 9.64 Å². The first kappa shape index (κ1) is 17.3. The highest BCUT2D eigenvalue weighted by Crippen LogP contribution is 2.26. The second kappa shape index (κ2) is 7.95. The Morgan fingerprint density at radius 1 is 1.13 bits per heavy atom. The number of carbonyl (C=O) groups is 2. The lowest BCUT2D eigenvalue weighted by atomic mass is 9.87. The molecule has 0 radical (unpaired) electrons. The van der Waals surface area contributed by atoms with Gasteiger partial charge in [-0.25, -0.2) is 4.79 Å². The lowest BCUT2D eigenvalue weighted by Crippen LogP contribution is -2.38. The van der Waals surface area contributed by atoms with E-state index in [1.807, 2.05) is 11.9 Å². The molecule has 0 N–H and O–H groups in total. The molecule has 1 saturated carbocycles. The number of benzene rings is 1. The van der Waals surface area contributed by atoms with E-state index in [2.05, 4.69) is 11.7 Å². The third-order valence-electron chi connectivity index (χ3n) is 4.63. The molecule has 0 atom stereocenters. The van der Waals surface area contributed by atoms with Gasteiger partial charge in [0.2, 0.25) is 5.91 Å². The number of hydrogen-bond acceptors (Lipinski definition) is 3. The van der Waals surface area contributed by atoms with Gasteiger partial charge in [0, 0.05) is 19.2 Å². The lowest BCUT2D eigenvalue weighted by molar-refractivity contribution is -0.127. The Kier molecular flexibility index (Phi) is 5.97. The predicted octanol–water partition coefficient (Wildman–Crippen LogP) is 3.52. The minimum Gasteiger partial charge on any atom is -0.465 e. The fraction of sp³-hybridized carbons (Fsp3) is 0.474. The summed E-state index contributed by atoms with van der Waals surface area (Å²) >= 11 is 0. The van der Waals surface area contributed by atoms with E-state index in [-0.39, 0.29) is 11.9 Å². The summed E-state index contributed by atoms with van der Waals surface area (Å²) in [5.74, 6) is 0.447. The first-order valence-electron chi connectivity index (χ1n) is 8.14. The Morgan fingerprint density at radius 3 is 2.30 bits per heavy atom. The summed E-state index contributed by atoms with van der Waals surface area (Å²) in [4.78, 5) is 25.5. The van der Waals surface area contributed by atoms with E-state index in [0.717, 1.165) is 24.3 Å². The zero-order chi connectivity index (χ0) is 16.8. The highest BCUT2D eigenvalue weighted by atomic mass is 16.5. The molecule has 0 aromatic heterocycles. The maximum absolute atomic E-state index is 12.3. The van der Waals surface area contributed by atoms with Crippen LogP contribution in [0.4, 0.5) is 0 Å². The number of amides is 1. The van der Waals surface area contributed by atoms with Gasteiger partial charge in [-0.1, -0.05) is 19.1 Å². The van der Waals surface area contributed by atoms with Gasteiger partial charge in [0.15, 0.2) is 0 Å². The summed E-state index contributed by atoms with van der Waals surface area (Å²) in [5.41, 5.74) is 1.39. The van der Waals surface area contributed by atoms with Gasteiger partial charge in [-0.05, 0) is 55.4 Å². The first-order chi connectivity index (χ1) is 11.0. The average Bonchev–Trinajstić information content (AvgIpc) is 2.59.